The van der Waals surface area contributed by atoms with Gasteiger partial charge in [0.15, 0.2) is 0 Å². The molecule has 2 amide bonds. The fraction of sp³-hybridized carbons (Fsp3) is 0.444. The summed E-state index contributed by atoms with van der Waals surface area (Å²) in [6.45, 7) is 6.47. The van der Waals surface area contributed by atoms with E-state index >= 15 is 0 Å². The lowest BCUT2D eigenvalue weighted by molar-refractivity contribution is 0.0146. The van der Waals surface area contributed by atoms with Crippen LogP contribution in [0.1, 0.15) is 24.3 Å². The molecule has 1 fully saturated rings. The Morgan fingerprint density at radius 2 is 1.88 bits per heavy atom. The molecule has 0 aromatic heterocycles. The van der Waals surface area contributed by atoms with E-state index in [0.29, 0.717) is 12.8 Å². The Morgan fingerprint density at radius 3 is 2.40 bits per heavy atom. The van der Waals surface area contributed by atoms with Gasteiger partial charge in [-0.15, -0.1) is 11.5 Å². The van der Waals surface area contributed by atoms with E-state index in [-0.39, 0.29) is 11.8 Å². The van der Waals surface area contributed by atoms with Crippen LogP contribution in [0, 0.1) is 17.4 Å². The van der Waals surface area contributed by atoms with Crippen LogP contribution in [0.3, 0.4) is 0 Å². The van der Waals surface area contributed by atoms with Gasteiger partial charge >= 0.3 is 12.2 Å². The molecule has 1 saturated carbocycles. The second kappa shape index (κ2) is 7.62. The Kier molecular flexibility index (Phi) is 5.75. The first-order chi connectivity index (χ1) is 11.7. The van der Waals surface area contributed by atoms with E-state index in [0.717, 1.165) is 10.6 Å². The highest BCUT2D eigenvalue weighted by molar-refractivity contribution is 6.83. The van der Waals surface area contributed by atoms with Crippen LogP contribution in [0.25, 0.3) is 0 Å². The average Bonchev–Trinajstić information content (AvgIpc) is 2.49. The number of nitrogens with zero attached hydrogens (tertiary/aromatic N) is 1. The molecule has 7 heteroatoms. The molecule has 134 valence electrons. The Hall–Kier alpha value is -2.46. The minimum atomic E-state index is -1.51. The van der Waals surface area contributed by atoms with Gasteiger partial charge < -0.3 is 10.2 Å². The maximum Gasteiger partial charge on any atom is 0.426 e. The molecule has 3 atom stereocenters. The van der Waals surface area contributed by atoms with Crippen LogP contribution >= 0.6 is 0 Å². The van der Waals surface area contributed by atoms with Crippen molar-refractivity contribution in [1.29, 1.82) is 0 Å². The molecule has 2 rings (SSSR count). The summed E-state index contributed by atoms with van der Waals surface area (Å²) in [4.78, 5) is 22.4. The summed E-state index contributed by atoms with van der Waals surface area (Å²) >= 11 is 0. The zero-order valence-electron chi connectivity index (χ0n) is 14.7. The molecule has 1 aliphatic carbocycles. The number of hydrogen-bond donors (Lipinski definition) is 3. The molecule has 6 nitrogen and oxygen atoms in total. The molecule has 0 aliphatic heterocycles. The summed E-state index contributed by atoms with van der Waals surface area (Å²) in [6.07, 6.45) is -1.53. The first-order valence-corrected chi connectivity index (χ1v) is 11.8. The first-order valence-electron chi connectivity index (χ1n) is 8.26. The largest absolute Gasteiger partial charge is 0.464 e. The summed E-state index contributed by atoms with van der Waals surface area (Å²) < 4.78 is 0. The Morgan fingerprint density at radius 1 is 1.24 bits per heavy atom. The van der Waals surface area contributed by atoms with Gasteiger partial charge in [-0.1, -0.05) is 50.0 Å². The molecule has 25 heavy (non-hydrogen) atoms. The quantitative estimate of drug-likeness (QED) is 0.436. The molecule has 0 bridgehead atoms. The molecule has 1 aromatic carbocycles. The number of carbonyl (C=O) groups is 2. The number of benzene rings is 1. The van der Waals surface area contributed by atoms with E-state index < -0.39 is 26.3 Å². The van der Waals surface area contributed by atoms with E-state index in [1.54, 1.807) is 0 Å². The zero-order valence-corrected chi connectivity index (χ0v) is 15.7. The third kappa shape index (κ3) is 5.00. The number of hydrazine groups is 1. The summed E-state index contributed by atoms with van der Waals surface area (Å²) in [7, 11) is -1.51. The van der Waals surface area contributed by atoms with Crippen molar-refractivity contribution in [3.05, 3.63) is 35.9 Å². The van der Waals surface area contributed by atoms with E-state index in [9.17, 15) is 14.7 Å². The third-order valence-electron chi connectivity index (χ3n) is 4.29. The van der Waals surface area contributed by atoms with Crippen molar-refractivity contribution in [2.24, 2.45) is 5.92 Å². The van der Waals surface area contributed by atoms with Crippen molar-refractivity contribution in [3.63, 3.8) is 0 Å². The monoisotopic (exact) mass is 360 g/mol. The minimum absolute atomic E-state index is 0.0331. The molecule has 1 aliphatic rings. The Balaban J connectivity index is 2.22. The van der Waals surface area contributed by atoms with Crippen molar-refractivity contribution < 1.29 is 19.8 Å². The SMILES string of the molecule is C[Si](C)(C)C#CCC1C(c2ccccc2)CC1N(NC(=O)O)C(=O)O. The van der Waals surface area contributed by atoms with Gasteiger partial charge in [0.1, 0.15) is 8.07 Å². The predicted octanol–water partition coefficient (Wildman–Crippen LogP) is 3.59. The maximum absolute atomic E-state index is 11.5. The fourth-order valence-corrected chi connectivity index (χ4v) is 3.78. The lowest BCUT2D eigenvalue weighted by Gasteiger charge is -2.48. The molecule has 3 N–H and O–H groups in total. The van der Waals surface area contributed by atoms with Crippen molar-refractivity contribution in [3.8, 4) is 11.5 Å². The molecular formula is C18H24N2O4Si. The number of rotatable bonds is 3. The highest BCUT2D eigenvalue weighted by Gasteiger charge is 2.46. The van der Waals surface area contributed by atoms with Crippen LogP contribution in [0.4, 0.5) is 9.59 Å². The van der Waals surface area contributed by atoms with E-state index in [1.807, 2.05) is 35.8 Å². The average molecular weight is 360 g/mol. The topological polar surface area (TPSA) is 89.9 Å². The van der Waals surface area contributed by atoms with Gasteiger partial charge in [0, 0.05) is 6.42 Å². The van der Waals surface area contributed by atoms with E-state index in [2.05, 4.69) is 31.1 Å². The van der Waals surface area contributed by atoms with Crippen LogP contribution < -0.4 is 5.43 Å². The Bertz CT molecular complexity index is 691. The highest BCUT2D eigenvalue weighted by atomic mass is 28.3. The number of hydrogen-bond acceptors (Lipinski definition) is 2. The second-order valence-corrected chi connectivity index (χ2v) is 12.1. The standard InChI is InChI=1S/C18H24N2O4Si/c1-25(2,3)11-7-10-14-15(13-8-5-4-6-9-13)12-16(14)20(18(23)24)19-17(21)22/h4-6,8-9,14-16,19H,10,12H2,1-3H3,(H,21,22)(H,23,24). The van der Waals surface area contributed by atoms with Gasteiger partial charge in [-0.2, -0.15) is 0 Å². The molecule has 0 radical (unpaired) electrons. The van der Waals surface area contributed by atoms with Crippen LogP contribution in [-0.4, -0.2) is 41.5 Å². The fourth-order valence-electron chi connectivity index (χ4n) is 3.15. The summed E-state index contributed by atoms with van der Waals surface area (Å²) in [6, 6.07) is 9.49. The van der Waals surface area contributed by atoms with E-state index in [1.165, 1.54) is 0 Å². The van der Waals surface area contributed by atoms with Crippen LogP contribution in [-0.2, 0) is 0 Å². The molecule has 3 unspecified atom stereocenters. The molecule has 0 spiro atoms. The normalized spacial score (nSPS) is 22.1. The molecule has 0 heterocycles. The van der Waals surface area contributed by atoms with Crippen molar-refractivity contribution in [2.75, 3.05) is 0 Å². The number of amides is 2. The lowest BCUT2D eigenvalue weighted by atomic mass is 9.64. The van der Waals surface area contributed by atoms with Gasteiger partial charge in [-0.3, -0.25) is 0 Å². The minimum Gasteiger partial charge on any atom is -0.464 e. The van der Waals surface area contributed by atoms with Crippen LogP contribution in [0.15, 0.2) is 30.3 Å². The lowest BCUT2D eigenvalue weighted by Crippen LogP contribution is -2.59. The van der Waals surface area contributed by atoms with Crippen molar-refractivity contribution in [1.82, 2.24) is 10.4 Å². The van der Waals surface area contributed by atoms with Gasteiger partial charge in [-0.25, -0.2) is 20.0 Å². The van der Waals surface area contributed by atoms with Crippen LogP contribution in [0.5, 0.6) is 0 Å². The number of carboxylic acid groups (broad SMARTS) is 2. The molecular weight excluding hydrogens is 336 g/mol. The summed E-state index contributed by atoms with van der Waals surface area (Å²) in [5, 5.41) is 19.1. The maximum atomic E-state index is 11.5. The van der Waals surface area contributed by atoms with Gasteiger partial charge in [-0.05, 0) is 23.8 Å². The first kappa shape index (κ1) is 18.9. The smallest absolute Gasteiger partial charge is 0.426 e. The molecule has 0 saturated heterocycles. The van der Waals surface area contributed by atoms with Gasteiger partial charge in [0.05, 0.1) is 6.04 Å². The second-order valence-electron chi connectivity index (χ2n) is 7.31. The van der Waals surface area contributed by atoms with Crippen molar-refractivity contribution in [2.45, 2.75) is 44.4 Å². The van der Waals surface area contributed by atoms with Gasteiger partial charge in [0.2, 0.25) is 0 Å². The Labute approximate surface area is 148 Å². The third-order valence-corrected chi connectivity index (χ3v) is 5.22. The predicted molar refractivity (Wildman–Crippen MR) is 97.8 cm³/mol. The highest BCUT2D eigenvalue weighted by Crippen LogP contribution is 2.46. The van der Waals surface area contributed by atoms with Gasteiger partial charge in [0.25, 0.3) is 0 Å². The zero-order chi connectivity index (χ0) is 18.6. The summed E-state index contributed by atoms with van der Waals surface area (Å²) in [5.74, 6) is 3.37. The number of nitrogens with one attached hydrogen (secondary N) is 1. The van der Waals surface area contributed by atoms with Crippen LogP contribution in [0.2, 0.25) is 19.6 Å². The van der Waals surface area contributed by atoms with E-state index in [4.69, 9.17) is 5.11 Å². The summed E-state index contributed by atoms with van der Waals surface area (Å²) in [5.41, 5.74) is 6.45. The molecule has 1 aromatic rings. The van der Waals surface area contributed by atoms with Crippen molar-refractivity contribution >= 4 is 20.3 Å².